The van der Waals surface area contributed by atoms with Crippen LogP contribution in [0.15, 0.2) is 24.3 Å². The Kier molecular flexibility index (Phi) is 3.88. The van der Waals surface area contributed by atoms with Gasteiger partial charge < -0.3 is 15.2 Å². The van der Waals surface area contributed by atoms with E-state index in [-0.39, 0.29) is 12.2 Å². The Morgan fingerprint density at radius 2 is 2.05 bits per heavy atom. The van der Waals surface area contributed by atoms with Gasteiger partial charge in [0.2, 0.25) is 0 Å². The molecule has 0 aliphatic carbocycles. The fraction of sp³-hybridized carbons (Fsp3) is 0.625. The van der Waals surface area contributed by atoms with E-state index in [9.17, 15) is 5.11 Å². The van der Waals surface area contributed by atoms with Gasteiger partial charge in [-0.2, -0.15) is 0 Å². The van der Waals surface area contributed by atoms with Crippen LogP contribution in [0, 0.1) is 0 Å². The third kappa shape index (κ3) is 2.77. The first-order valence-electron chi connectivity index (χ1n) is 7.09. The highest BCUT2D eigenvalue weighted by Crippen LogP contribution is 2.43. The summed E-state index contributed by atoms with van der Waals surface area (Å²) in [5.41, 5.74) is 0.378. The van der Waals surface area contributed by atoms with Gasteiger partial charge in [0.25, 0.3) is 0 Å². The molecule has 0 aromatic heterocycles. The first-order chi connectivity index (χ1) is 8.92. The van der Waals surface area contributed by atoms with Crippen molar-refractivity contribution in [3.63, 3.8) is 0 Å². The Morgan fingerprint density at radius 1 is 1.37 bits per heavy atom. The van der Waals surface area contributed by atoms with E-state index >= 15 is 0 Å². The van der Waals surface area contributed by atoms with Gasteiger partial charge >= 0.3 is 0 Å². The summed E-state index contributed by atoms with van der Waals surface area (Å²) in [5.74, 6) is 0.878. The normalized spacial score (nSPS) is 26.4. The van der Waals surface area contributed by atoms with Crippen LogP contribution >= 0.6 is 0 Å². The van der Waals surface area contributed by atoms with Gasteiger partial charge in [-0.15, -0.1) is 0 Å². The average Bonchev–Trinajstić information content (AvgIpc) is 2.37. The summed E-state index contributed by atoms with van der Waals surface area (Å²) in [5, 5.41) is 13.7. The highest BCUT2D eigenvalue weighted by atomic mass is 16.5. The minimum Gasteiger partial charge on any atom is -0.487 e. The predicted molar refractivity (Wildman–Crippen MR) is 77.4 cm³/mol. The van der Waals surface area contributed by atoms with Crippen molar-refractivity contribution in [1.82, 2.24) is 5.32 Å². The Bertz CT molecular complexity index is 444. The van der Waals surface area contributed by atoms with Crippen LogP contribution in [0.25, 0.3) is 0 Å². The summed E-state index contributed by atoms with van der Waals surface area (Å²) in [7, 11) is 0. The van der Waals surface area contributed by atoms with Crippen LogP contribution in [-0.4, -0.2) is 23.4 Å². The zero-order valence-corrected chi connectivity index (χ0v) is 12.4. The monoisotopic (exact) mass is 263 g/mol. The molecule has 3 heteroatoms. The van der Waals surface area contributed by atoms with Gasteiger partial charge in [-0.3, -0.25) is 0 Å². The second kappa shape index (κ2) is 5.14. The number of aliphatic hydroxyl groups excluding tert-OH is 1. The average molecular weight is 263 g/mol. The maximum Gasteiger partial charge on any atom is 0.125 e. The van der Waals surface area contributed by atoms with Crippen LogP contribution in [0.4, 0.5) is 0 Å². The molecule has 1 aliphatic heterocycles. The van der Waals surface area contributed by atoms with Gasteiger partial charge in [-0.25, -0.2) is 0 Å². The molecule has 0 radical (unpaired) electrons. The van der Waals surface area contributed by atoms with Gasteiger partial charge in [-0.05, 0) is 33.3 Å². The number of fused-ring (bicyclic) bond motifs is 1. The van der Waals surface area contributed by atoms with Gasteiger partial charge in [0.1, 0.15) is 11.4 Å². The number of hydrogen-bond donors (Lipinski definition) is 2. The van der Waals surface area contributed by atoms with E-state index in [0.29, 0.717) is 6.04 Å². The lowest BCUT2D eigenvalue weighted by molar-refractivity contribution is 0.00454. The maximum atomic E-state index is 10.0. The highest BCUT2D eigenvalue weighted by Gasteiger charge is 2.45. The SMILES string of the molecule is CCC(C)NC1(CO)CC(C)(C)Oc2ccccc21. The van der Waals surface area contributed by atoms with E-state index in [1.807, 2.05) is 18.2 Å². The van der Waals surface area contributed by atoms with Crippen molar-refractivity contribution in [2.75, 3.05) is 6.61 Å². The molecule has 0 saturated carbocycles. The first kappa shape index (κ1) is 14.4. The number of nitrogens with one attached hydrogen (secondary N) is 1. The quantitative estimate of drug-likeness (QED) is 0.877. The number of aliphatic hydroxyl groups is 1. The lowest BCUT2D eigenvalue weighted by atomic mass is 9.77. The van der Waals surface area contributed by atoms with Crippen molar-refractivity contribution in [2.24, 2.45) is 0 Å². The zero-order chi connectivity index (χ0) is 14.1. The molecule has 0 amide bonds. The Balaban J connectivity index is 2.46. The molecule has 0 fully saturated rings. The summed E-state index contributed by atoms with van der Waals surface area (Å²) in [6, 6.07) is 8.37. The fourth-order valence-electron chi connectivity index (χ4n) is 3.00. The molecule has 0 spiro atoms. The number of benzene rings is 1. The van der Waals surface area contributed by atoms with E-state index in [0.717, 1.165) is 24.2 Å². The Hall–Kier alpha value is -1.06. The molecule has 2 N–H and O–H groups in total. The van der Waals surface area contributed by atoms with Crippen molar-refractivity contribution in [3.8, 4) is 5.75 Å². The maximum absolute atomic E-state index is 10.0. The van der Waals surface area contributed by atoms with Crippen molar-refractivity contribution in [3.05, 3.63) is 29.8 Å². The molecular weight excluding hydrogens is 238 g/mol. The Labute approximate surface area is 116 Å². The van der Waals surface area contributed by atoms with Crippen LogP contribution < -0.4 is 10.1 Å². The van der Waals surface area contributed by atoms with E-state index in [1.54, 1.807) is 0 Å². The summed E-state index contributed by atoms with van der Waals surface area (Å²) in [4.78, 5) is 0. The molecular formula is C16H25NO2. The topological polar surface area (TPSA) is 41.5 Å². The third-order valence-electron chi connectivity index (χ3n) is 3.92. The highest BCUT2D eigenvalue weighted by molar-refractivity contribution is 5.42. The number of rotatable bonds is 4. The van der Waals surface area contributed by atoms with Gasteiger partial charge in [0.05, 0.1) is 12.1 Å². The summed E-state index contributed by atoms with van der Waals surface area (Å²) < 4.78 is 6.04. The molecule has 1 aliphatic rings. The van der Waals surface area contributed by atoms with E-state index in [2.05, 4.69) is 39.1 Å². The molecule has 0 saturated heterocycles. The lowest BCUT2D eigenvalue weighted by Crippen LogP contribution is -2.56. The van der Waals surface area contributed by atoms with Crippen molar-refractivity contribution >= 4 is 0 Å². The minimum absolute atomic E-state index is 0.0845. The van der Waals surface area contributed by atoms with Gasteiger partial charge in [-0.1, -0.05) is 25.1 Å². The number of para-hydroxylation sites is 1. The molecule has 1 aromatic rings. The third-order valence-corrected chi connectivity index (χ3v) is 3.92. The number of hydrogen-bond acceptors (Lipinski definition) is 3. The van der Waals surface area contributed by atoms with Crippen molar-refractivity contribution < 1.29 is 9.84 Å². The van der Waals surface area contributed by atoms with Crippen LogP contribution in [0.3, 0.4) is 0 Å². The van der Waals surface area contributed by atoms with Crippen LogP contribution in [0.1, 0.15) is 46.1 Å². The van der Waals surface area contributed by atoms with Crippen molar-refractivity contribution in [2.45, 2.75) is 57.7 Å². The van der Waals surface area contributed by atoms with Crippen LogP contribution in [-0.2, 0) is 5.54 Å². The fourth-order valence-corrected chi connectivity index (χ4v) is 3.00. The number of ether oxygens (including phenoxy) is 1. The lowest BCUT2D eigenvalue weighted by Gasteiger charge is -2.47. The molecule has 2 unspecified atom stereocenters. The molecule has 0 bridgehead atoms. The molecule has 2 atom stereocenters. The van der Waals surface area contributed by atoms with E-state index in [1.165, 1.54) is 0 Å². The molecule has 19 heavy (non-hydrogen) atoms. The summed E-state index contributed by atoms with van der Waals surface area (Å²) >= 11 is 0. The smallest absolute Gasteiger partial charge is 0.125 e. The van der Waals surface area contributed by atoms with Crippen molar-refractivity contribution in [1.29, 1.82) is 0 Å². The van der Waals surface area contributed by atoms with E-state index in [4.69, 9.17) is 4.74 Å². The molecule has 1 heterocycles. The molecule has 3 nitrogen and oxygen atoms in total. The Morgan fingerprint density at radius 3 is 2.68 bits per heavy atom. The second-order valence-corrected chi connectivity index (χ2v) is 6.23. The minimum atomic E-state index is -0.409. The first-order valence-corrected chi connectivity index (χ1v) is 7.09. The molecule has 1 aromatic carbocycles. The predicted octanol–water partition coefficient (Wildman–Crippen LogP) is 2.82. The largest absolute Gasteiger partial charge is 0.487 e. The van der Waals surface area contributed by atoms with Gasteiger partial charge in [0, 0.05) is 18.0 Å². The zero-order valence-electron chi connectivity index (χ0n) is 12.4. The van der Waals surface area contributed by atoms with Crippen LogP contribution in [0.5, 0.6) is 5.75 Å². The standard InChI is InChI=1S/C16H25NO2/c1-5-12(2)17-16(11-18)10-15(3,4)19-14-9-7-6-8-13(14)16/h6-9,12,17-18H,5,10-11H2,1-4H3. The van der Waals surface area contributed by atoms with Crippen LogP contribution in [0.2, 0.25) is 0 Å². The van der Waals surface area contributed by atoms with E-state index < -0.39 is 5.54 Å². The molecule has 106 valence electrons. The second-order valence-electron chi connectivity index (χ2n) is 6.23. The molecule has 2 rings (SSSR count). The summed E-state index contributed by atoms with van der Waals surface area (Å²) in [6.45, 7) is 8.54. The van der Waals surface area contributed by atoms with Gasteiger partial charge in [0.15, 0.2) is 0 Å². The summed E-state index contributed by atoms with van der Waals surface area (Å²) in [6.07, 6.45) is 1.79.